The van der Waals surface area contributed by atoms with Gasteiger partial charge < -0.3 is 9.84 Å². The smallest absolute Gasteiger partial charge is 0.328 e. The molecule has 0 amide bonds. The number of rotatable bonds is 6. The summed E-state index contributed by atoms with van der Waals surface area (Å²) in [6.07, 6.45) is 2.71. The van der Waals surface area contributed by atoms with Crippen LogP contribution in [0.3, 0.4) is 0 Å². The van der Waals surface area contributed by atoms with Crippen molar-refractivity contribution in [3.8, 4) is 0 Å². The van der Waals surface area contributed by atoms with E-state index in [-0.39, 0.29) is 0 Å². The van der Waals surface area contributed by atoms with E-state index in [1.165, 1.54) is 4.88 Å². The Balaban J connectivity index is 1.90. The number of carboxylic acid groups (broad SMARTS) is 1. The highest BCUT2D eigenvalue weighted by atomic mass is 32.1. The zero-order chi connectivity index (χ0) is 13.5. The highest BCUT2D eigenvalue weighted by Gasteiger charge is 1.97. The van der Waals surface area contributed by atoms with Gasteiger partial charge in [-0.15, -0.1) is 11.3 Å². The predicted octanol–water partition coefficient (Wildman–Crippen LogP) is 3.56. The van der Waals surface area contributed by atoms with Crippen molar-refractivity contribution in [1.29, 1.82) is 0 Å². The molecule has 1 aromatic heterocycles. The second kappa shape index (κ2) is 6.87. The number of carboxylic acids is 1. The van der Waals surface area contributed by atoms with E-state index >= 15 is 0 Å². The van der Waals surface area contributed by atoms with Crippen molar-refractivity contribution in [1.82, 2.24) is 0 Å². The summed E-state index contributed by atoms with van der Waals surface area (Å²) in [7, 11) is 0. The van der Waals surface area contributed by atoms with Gasteiger partial charge >= 0.3 is 5.97 Å². The van der Waals surface area contributed by atoms with Gasteiger partial charge in [0, 0.05) is 11.0 Å². The van der Waals surface area contributed by atoms with Crippen LogP contribution in [0.2, 0.25) is 0 Å². The Morgan fingerprint density at radius 2 is 2.16 bits per heavy atom. The lowest BCUT2D eigenvalue weighted by Crippen LogP contribution is -1.93. The number of carbonyl (C=O) groups is 1. The number of hydrogen-bond acceptors (Lipinski definition) is 3. The fourth-order valence-electron chi connectivity index (χ4n) is 1.62. The molecule has 98 valence electrons. The van der Waals surface area contributed by atoms with Crippen LogP contribution in [0.15, 0.2) is 47.9 Å². The molecule has 0 radical (unpaired) electrons. The minimum atomic E-state index is -0.945. The minimum absolute atomic E-state index is 0.520. The Bertz CT molecular complexity index is 559. The van der Waals surface area contributed by atoms with Crippen LogP contribution in [-0.4, -0.2) is 11.1 Å². The summed E-state index contributed by atoms with van der Waals surface area (Å²) in [5.74, 6) is -0.945. The summed E-state index contributed by atoms with van der Waals surface area (Å²) >= 11 is 1.67. The van der Waals surface area contributed by atoms with Crippen LogP contribution in [0.5, 0.6) is 0 Å². The van der Waals surface area contributed by atoms with E-state index in [4.69, 9.17) is 9.84 Å². The molecule has 0 spiro atoms. The van der Waals surface area contributed by atoms with E-state index in [0.717, 1.165) is 17.2 Å². The van der Waals surface area contributed by atoms with E-state index in [1.54, 1.807) is 17.4 Å². The van der Waals surface area contributed by atoms with Gasteiger partial charge in [0.15, 0.2) is 0 Å². The molecule has 0 fully saturated rings. The second-order valence-electron chi connectivity index (χ2n) is 3.99. The molecule has 0 aliphatic carbocycles. The molecule has 4 heteroatoms. The van der Waals surface area contributed by atoms with E-state index in [9.17, 15) is 4.79 Å². The Labute approximate surface area is 115 Å². The molecule has 1 heterocycles. The molecule has 19 heavy (non-hydrogen) atoms. The summed E-state index contributed by atoms with van der Waals surface area (Å²) in [5.41, 5.74) is 1.89. The van der Waals surface area contributed by atoms with Gasteiger partial charge in [-0.25, -0.2) is 4.79 Å². The van der Waals surface area contributed by atoms with Crippen molar-refractivity contribution in [2.75, 3.05) is 0 Å². The van der Waals surface area contributed by atoms with Gasteiger partial charge in [0.25, 0.3) is 0 Å². The summed E-state index contributed by atoms with van der Waals surface area (Å²) in [6, 6.07) is 11.7. The number of hydrogen-bond donors (Lipinski definition) is 1. The predicted molar refractivity (Wildman–Crippen MR) is 75.9 cm³/mol. The quantitative estimate of drug-likeness (QED) is 0.819. The third-order valence-electron chi connectivity index (χ3n) is 2.46. The molecule has 2 rings (SSSR count). The van der Waals surface area contributed by atoms with Gasteiger partial charge in [-0.2, -0.15) is 0 Å². The molecule has 2 aromatic rings. The Morgan fingerprint density at radius 3 is 2.89 bits per heavy atom. The van der Waals surface area contributed by atoms with E-state index in [2.05, 4.69) is 0 Å². The maximum Gasteiger partial charge on any atom is 0.328 e. The second-order valence-corrected chi connectivity index (χ2v) is 5.02. The van der Waals surface area contributed by atoms with Crippen molar-refractivity contribution in [2.24, 2.45) is 0 Å². The van der Waals surface area contributed by atoms with Crippen LogP contribution in [-0.2, 0) is 22.7 Å². The maximum atomic E-state index is 10.5. The monoisotopic (exact) mass is 274 g/mol. The van der Waals surface area contributed by atoms with Crippen LogP contribution in [0.4, 0.5) is 0 Å². The summed E-state index contributed by atoms with van der Waals surface area (Å²) in [6.45, 7) is 1.12. The molecule has 0 saturated carbocycles. The Morgan fingerprint density at radius 1 is 1.26 bits per heavy atom. The first-order valence-corrected chi connectivity index (χ1v) is 6.72. The lowest BCUT2D eigenvalue weighted by molar-refractivity contribution is -0.131. The molecule has 0 aliphatic heterocycles. The zero-order valence-corrected chi connectivity index (χ0v) is 11.1. The molecule has 1 N–H and O–H groups in total. The van der Waals surface area contributed by atoms with Crippen molar-refractivity contribution < 1.29 is 14.6 Å². The molecule has 0 bridgehead atoms. The number of ether oxygens (including phenoxy) is 1. The third kappa shape index (κ3) is 4.69. The SMILES string of the molecule is O=C(O)/C=C/c1cccc(COCc2cccs2)c1. The van der Waals surface area contributed by atoms with Crippen LogP contribution in [0.25, 0.3) is 6.08 Å². The van der Waals surface area contributed by atoms with Crippen molar-refractivity contribution in [3.05, 3.63) is 63.9 Å². The number of thiophene rings is 1. The first-order chi connectivity index (χ1) is 9.24. The number of aliphatic carboxylic acids is 1. The molecule has 3 nitrogen and oxygen atoms in total. The van der Waals surface area contributed by atoms with Crippen LogP contribution >= 0.6 is 11.3 Å². The molecule has 0 atom stereocenters. The Kier molecular flexibility index (Phi) is 4.89. The zero-order valence-electron chi connectivity index (χ0n) is 10.3. The summed E-state index contributed by atoms with van der Waals surface area (Å²) < 4.78 is 5.61. The van der Waals surface area contributed by atoms with Crippen molar-refractivity contribution >= 4 is 23.4 Å². The summed E-state index contributed by atoms with van der Waals surface area (Å²) in [5, 5.41) is 10.6. The highest BCUT2D eigenvalue weighted by molar-refractivity contribution is 7.09. The molecule has 0 aliphatic rings. The lowest BCUT2D eigenvalue weighted by Gasteiger charge is -2.04. The summed E-state index contributed by atoms with van der Waals surface area (Å²) in [4.78, 5) is 11.6. The average molecular weight is 274 g/mol. The average Bonchev–Trinajstić information content (AvgIpc) is 2.90. The van der Waals surface area contributed by atoms with Crippen molar-refractivity contribution in [3.63, 3.8) is 0 Å². The van der Waals surface area contributed by atoms with Crippen LogP contribution < -0.4 is 0 Å². The van der Waals surface area contributed by atoms with Crippen LogP contribution in [0.1, 0.15) is 16.0 Å². The van der Waals surface area contributed by atoms with E-state index in [0.29, 0.717) is 13.2 Å². The molecule has 0 saturated heterocycles. The van der Waals surface area contributed by atoms with E-state index in [1.807, 2.05) is 41.8 Å². The Hall–Kier alpha value is -1.91. The first kappa shape index (κ1) is 13.5. The molecule has 0 unspecified atom stereocenters. The topological polar surface area (TPSA) is 46.5 Å². The minimum Gasteiger partial charge on any atom is -0.478 e. The fourth-order valence-corrected chi connectivity index (χ4v) is 2.26. The largest absolute Gasteiger partial charge is 0.478 e. The van der Waals surface area contributed by atoms with Crippen LogP contribution in [0, 0.1) is 0 Å². The van der Waals surface area contributed by atoms with Gasteiger partial charge in [-0.05, 0) is 34.7 Å². The van der Waals surface area contributed by atoms with Gasteiger partial charge in [-0.1, -0.05) is 24.3 Å². The van der Waals surface area contributed by atoms with Crippen molar-refractivity contribution in [2.45, 2.75) is 13.2 Å². The standard InChI is InChI=1S/C15H14O3S/c16-15(17)7-6-12-3-1-4-13(9-12)10-18-11-14-5-2-8-19-14/h1-9H,10-11H2,(H,16,17)/b7-6+. The van der Waals surface area contributed by atoms with Gasteiger partial charge in [0.05, 0.1) is 13.2 Å². The van der Waals surface area contributed by atoms with E-state index < -0.39 is 5.97 Å². The van der Waals surface area contributed by atoms with Gasteiger partial charge in [-0.3, -0.25) is 0 Å². The molecule has 1 aromatic carbocycles. The lowest BCUT2D eigenvalue weighted by atomic mass is 10.1. The van der Waals surface area contributed by atoms with Gasteiger partial charge in [0.2, 0.25) is 0 Å². The highest BCUT2D eigenvalue weighted by Crippen LogP contribution is 2.12. The third-order valence-corrected chi connectivity index (χ3v) is 3.31. The normalized spacial score (nSPS) is 10.9. The molecular weight excluding hydrogens is 260 g/mol. The molecular formula is C15H14O3S. The fraction of sp³-hybridized carbons (Fsp3) is 0.133. The maximum absolute atomic E-state index is 10.5. The first-order valence-electron chi connectivity index (χ1n) is 5.84. The van der Waals surface area contributed by atoms with Gasteiger partial charge in [0.1, 0.15) is 0 Å². The number of benzene rings is 1.